The molecule has 0 atom stereocenters. The summed E-state index contributed by atoms with van der Waals surface area (Å²) in [6.07, 6.45) is 0. The van der Waals surface area contributed by atoms with Crippen LogP contribution in [0.5, 0.6) is 0 Å². The molecule has 4 heteroatoms. The van der Waals surface area contributed by atoms with Gasteiger partial charge < -0.3 is 0 Å². The maximum atomic E-state index is 12.2. The lowest BCUT2D eigenvalue weighted by Gasteiger charge is -2.02. The van der Waals surface area contributed by atoms with E-state index in [0.717, 1.165) is 15.8 Å². The van der Waals surface area contributed by atoms with Gasteiger partial charge in [0.05, 0.1) is 10.2 Å². The molecule has 20 heavy (non-hydrogen) atoms. The number of carbonyl (C=O) groups is 1. The van der Waals surface area contributed by atoms with Gasteiger partial charge in [-0.1, -0.05) is 35.1 Å². The van der Waals surface area contributed by atoms with Crippen molar-refractivity contribution in [3.8, 4) is 0 Å². The molecule has 0 aliphatic carbocycles. The Bertz CT molecular complexity index is 792. The molecule has 0 fully saturated rings. The second-order valence-electron chi connectivity index (χ2n) is 4.81. The zero-order chi connectivity index (χ0) is 14.1. The molecule has 0 saturated heterocycles. The van der Waals surface area contributed by atoms with Gasteiger partial charge in [-0.3, -0.25) is 10.1 Å². The normalized spacial score (nSPS) is 10.7. The first-order chi connectivity index (χ1) is 9.61. The third-order valence-corrected chi connectivity index (χ3v) is 4.00. The van der Waals surface area contributed by atoms with E-state index in [1.54, 1.807) is 6.07 Å². The van der Waals surface area contributed by atoms with Gasteiger partial charge in [-0.05, 0) is 43.7 Å². The highest BCUT2D eigenvalue weighted by Crippen LogP contribution is 2.26. The van der Waals surface area contributed by atoms with Crippen LogP contribution >= 0.6 is 11.3 Å². The second-order valence-corrected chi connectivity index (χ2v) is 5.84. The zero-order valence-corrected chi connectivity index (χ0v) is 12.1. The number of rotatable bonds is 2. The molecule has 1 heterocycles. The predicted octanol–water partition coefficient (Wildman–Crippen LogP) is 4.17. The van der Waals surface area contributed by atoms with Crippen molar-refractivity contribution >= 4 is 32.6 Å². The summed E-state index contributed by atoms with van der Waals surface area (Å²) < 4.78 is 1.08. The van der Waals surface area contributed by atoms with Crippen LogP contribution in [0.4, 0.5) is 5.13 Å². The average molecular weight is 282 g/mol. The van der Waals surface area contributed by atoms with Gasteiger partial charge in [0.1, 0.15) is 0 Å². The Morgan fingerprint density at radius 1 is 1.10 bits per heavy atom. The predicted molar refractivity (Wildman–Crippen MR) is 83.5 cm³/mol. The number of hydrogen-bond acceptors (Lipinski definition) is 3. The van der Waals surface area contributed by atoms with E-state index < -0.39 is 0 Å². The molecule has 1 amide bonds. The topological polar surface area (TPSA) is 42.0 Å². The monoisotopic (exact) mass is 282 g/mol. The summed E-state index contributed by atoms with van der Waals surface area (Å²) in [7, 11) is 0. The summed E-state index contributed by atoms with van der Waals surface area (Å²) in [5, 5.41) is 3.50. The number of fused-ring (bicyclic) bond motifs is 1. The van der Waals surface area contributed by atoms with E-state index >= 15 is 0 Å². The summed E-state index contributed by atoms with van der Waals surface area (Å²) in [4.78, 5) is 16.6. The van der Waals surface area contributed by atoms with E-state index in [4.69, 9.17) is 0 Å². The zero-order valence-electron chi connectivity index (χ0n) is 11.3. The fourth-order valence-corrected chi connectivity index (χ4v) is 2.89. The van der Waals surface area contributed by atoms with Crippen molar-refractivity contribution < 1.29 is 4.79 Å². The van der Waals surface area contributed by atoms with Crippen LogP contribution in [0, 0.1) is 13.8 Å². The average Bonchev–Trinajstić information content (AvgIpc) is 2.80. The minimum absolute atomic E-state index is 0.121. The molecule has 0 unspecified atom stereocenters. The molecule has 0 saturated carbocycles. The van der Waals surface area contributed by atoms with Crippen molar-refractivity contribution in [1.82, 2.24) is 4.98 Å². The molecule has 3 nitrogen and oxygen atoms in total. The van der Waals surface area contributed by atoms with Gasteiger partial charge in [-0.25, -0.2) is 4.98 Å². The third-order valence-electron chi connectivity index (χ3n) is 3.04. The molecule has 3 aromatic rings. The molecule has 0 bridgehead atoms. The summed E-state index contributed by atoms with van der Waals surface area (Å²) in [5.74, 6) is -0.121. The summed E-state index contributed by atoms with van der Waals surface area (Å²) in [6, 6.07) is 13.6. The van der Waals surface area contributed by atoms with Crippen LogP contribution < -0.4 is 5.32 Å². The summed E-state index contributed by atoms with van der Waals surface area (Å²) in [6.45, 7) is 4.00. The minimum atomic E-state index is -0.121. The smallest absolute Gasteiger partial charge is 0.257 e. The van der Waals surface area contributed by atoms with Crippen molar-refractivity contribution in [2.45, 2.75) is 13.8 Å². The highest BCUT2D eigenvalue weighted by atomic mass is 32.1. The molecule has 100 valence electrons. The van der Waals surface area contributed by atoms with Crippen LogP contribution in [-0.4, -0.2) is 10.9 Å². The summed E-state index contributed by atoms with van der Waals surface area (Å²) in [5.41, 5.74) is 3.81. The van der Waals surface area contributed by atoms with Gasteiger partial charge >= 0.3 is 0 Å². The van der Waals surface area contributed by atoms with Crippen LogP contribution in [-0.2, 0) is 0 Å². The number of aromatic nitrogens is 1. The Kier molecular flexibility index (Phi) is 3.24. The fourth-order valence-electron chi connectivity index (χ4n) is 2.05. The van der Waals surface area contributed by atoms with Crippen molar-refractivity contribution in [2.24, 2.45) is 0 Å². The Balaban J connectivity index is 1.87. The SMILES string of the molecule is Cc1cccc(C(=O)Nc2nc3cc(C)ccc3s2)c1. The molecule has 0 spiro atoms. The van der Waals surface area contributed by atoms with E-state index in [1.165, 1.54) is 16.9 Å². The molecule has 3 rings (SSSR count). The van der Waals surface area contributed by atoms with Gasteiger partial charge in [0.2, 0.25) is 0 Å². The number of nitrogens with one attached hydrogen (secondary N) is 1. The Labute approximate surface area is 121 Å². The molecule has 1 aromatic heterocycles. The quantitative estimate of drug-likeness (QED) is 0.766. The third kappa shape index (κ3) is 2.56. The van der Waals surface area contributed by atoms with Gasteiger partial charge in [-0.15, -0.1) is 0 Å². The highest BCUT2D eigenvalue weighted by Gasteiger charge is 2.09. The molecule has 0 aliphatic heterocycles. The fraction of sp³-hybridized carbons (Fsp3) is 0.125. The number of aryl methyl sites for hydroxylation is 2. The van der Waals surface area contributed by atoms with Crippen molar-refractivity contribution in [1.29, 1.82) is 0 Å². The largest absolute Gasteiger partial charge is 0.298 e. The van der Waals surface area contributed by atoms with Crippen LogP contribution in [0.15, 0.2) is 42.5 Å². The lowest BCUT2D eigenvalue weighted by Crippen LogP contribution is -2.11. The molecular weight excluding hydrogens is 268 g/mol. The Morgan fingerprint density at radius 2 is 1.90 bits per heavy atom. The molecule has 0 aliphatic rings. The number of thiazole rings is 1. The van der Waals surface area contributed by atoms with E-state index in [-0.39, 0.29) is 5.91 Å². The number of nitrogens with zero attached hydrogens (tertiary/aromatic N) is 1. The standard InChI is InChI=1S/C16H14N2OS/c1-10-4-3-5-12(8-10)15(19)18-16-17-13-9-11(2)6-7-14(13)20-16/h3-9H,1-2H3,(H,17,18,19). The van der Waals surface area contributed by atoms with E-state index in [1.807, 2.05) is 50.2 Å². The molecule has 1 N–H and O–H groups in total. The first-order valence-electron chi connectivity index (χ1n) is 6.37. The highest BCUT2D eigenvalue weighted by molar-refractivity contribution is 7.22. The Morgan fingerprint density at radius 3 is 2.70 bits per heavy atom. The van der Waals surface area contributed by atoms with E-state index in [0.29, 0.717) is 10.7 Å². The van der Waals surface area contributed by atoms with E-state index in [9.17, 15) is 4.79 Å². The molecule has 2 aromatic carbocycles. The summed E-state index contributed by atoms with van der Waals surface area (Å²) >= 11 is 1.49. The lowest BCUT2D eigenvalue weighted by molar-refractivity contribution is 0.102. The van der Waals surface area contributed by atoms with Gasteiger partial charge in [0.25, 0.3) is 5.91 Å². The van der Waals surface area contributed by atoms with Gasteiger partial charge in [-0.2, -0.15) is 0 Å². The second kappa shape index (κ2) is 5.06. The van der Waals surface area contributed by atoms with Crippen LogP contribution in [0.2, 0.25) is 0 Å². The van der Waals surface area contributed by atoms with Crippen molar-refractivity contribution in [3.05, 3.63) is 59.2 Å². The van der Waals surface area contributed by atoms with Crippen molar-refractivity contribution in [3.63, 3.8) is 0 Å². The molecule has 0 radical (unpaired) electrons. The maximum Gasteiger partial charge on any atom is 0.257 e. The maximum absolute atomic E-state index is 12.2. The minimum Gasteiger partial charge on any atom is -0.298 e. The van der Waals surface area contributed by atoms with Crippen LogP contribution in [0.3, 0.4) is 0 Å². The van der Waals surface area contributed by atoms with Crippen LogP contribution in [0.1, 0.15) is 21.5 Å². The first kappa shape index (κ1) is 12.8. The van der Waals surface area contributed by atoms with Crippen molar-refractivity contribution in [2.75, 3.05) is 5.32 Å². The molecular formula is C16H14N2OS. The number of benzene rings is 2. The number of anilines is 1. The first-order valence-corrected chi connectivity index (χ1v) is 7.19. The van der Waals surface area contributed by atoms with Gasteiger partial charge in [0.15, 0.2) is 5.13 Å². The Hall–Kier alpha value is -2.20. The number of amides is 1. The lowest BCUT2D eigenvalue weighted by atomic mass is 10.1. The van der Waals surface area contributed by atoms with E-state index in [2.05, 4.69) is 10.3 Å². The van der Waals surface area contributed by atoms with Crippen LogP contribution in [0.25, 0.3) is 10.2 Å². The number of hydrogen-bond donors (Lipinski definition) is 1. The number of carbonyl (C=O) groups excluding carboxylic acids is 1. The van der Waals surface area contributed by atoms with Gasteiger partial charge in [0, 0.05) is 5.56 Å².